The molecule has 0 unspecified atom stereocenters. The van der Waals surface area contributed by atoms with E-state index in [1.165, 1.54) is 0 Å². The molecule has 140 valence electrons. The van der Waals surface area contributed by atoms with Gasteiger partial charge in [-0.05, 0) is 37.3 Å². The van der Waals surface area contributed by atoms with Gasteiger partial charge in [-0.25, -0.2) is 0 Å². The van der Waals surface area contributed by atoms with Gasteiger partial charge in [0.2, 0.25) is 5.91 Å². The van der Waals surface area contributed by atoms with Crippen LogP contribution in [0.5, 0.6) is 11.5 Å². The maximum Gasteiger partial charge on any atom is 0.251 e. The minimum Gasteiger partial charge on any atom is -0.457 e. The third-order valence-electron chi connectivity index (χ3n) is 4.67. The van der Waals surface area contributed by atoms with Crippen LogP contribution in [0.25, 0.3) is 0 Å². The van der Waals surface area contributed by atoms with E-state index in [4.69, 9.17) is 4.74 Å². The number of carbonyl (C=O) groups excluding carboxylic acids is 2. The molecule has 0 bridgehead atoms. The molecule has 1 heterocycles. The Morgan fingerprint density at radius 1 is 0.893 bits per heavy atom. The van der Waals surface area contributed by atoms with E-state index in [-0.39, 0.29) is 11.8 Å². The normalized spacial score (nSPS) is 12.3. The third kappa shape index (κ3) is 3.34. The molecule has 1 aliphatic rings. The molecule has 0 saturated heterocycles. The first kappa shape index (κ1) is 17.8. The molecular formula is C23H20N2O3. The maximum atomic E-state index is 13.2. The van der Waals surface area contributed by atoms with Gasteiger partial charge in [0.25, 0.3) is 5.91 Å². The number of fused-ring (bicyclic) bond motifs is 2. The van der Waals surface area contributed by atoms with Crippen LogP contribution in [0, 0.1) is 0 Å². The summed E-state index contributed by atoms with van der Waals surface area (Å²) in [5.74, 6) is 0.528. The number of hydrogen-bond donors (Lipinski definition) is 2. The summed E-state index contributed by atoms with van der Waals surface area (Å²) in [6.07, 6.45) is 0. The van der Waals surface area contributed by atoms with E-state index in [1.807, 2.05) is 55.5 Å². The van der Waals surface area contributed by atoms with Crippen LogP contribution in [0.3, 0.4) is 0 Å². The number of benzene rings is 3. The second-order valence-electron chi connectivity index (χ2n) is 6.54. The van der Waals surface area contributed by atoms with Gasteiger partial charge in [-0.1, -0.05) is 42.5 Å². The lowest BCUT2D eigenvalue weighted by atomic mass is 9.87. The Labute approximate surface area is 163 Å². The number of amides is 2. The summed E-state index contributed by atoms with van der Waals surface area (Å²) in [4.78, 5) is 25.3. The standard InChI is InChI=1S/C23H20N2O3/c1-2-24-22(26)15-8-7-9-16(14-15)25-23(27)21-17-10-3-5-12-19(17)28-20-13-6-4-11-18(20)21/h3-14,21H,2H2,1H3,(H,24,26)(H,25,27). The molecule has 3 aromatic carbocycles. The lowest BCUT2D eigenvalue weighted by Gasteiger charge is -2.27. The van der Waals surface area contributed by atoms with Crippen LogP contribution in [0.4, 0.5) is 5.69 Å². The van der Waals surface area contributed by atoms with Crippen molar-refractivity contribution in [2.24, 2.45) is 0 Å². The Kier molecular flexibility index (Phi) is 4.81. The molecule has 1 aliphatic heterocycles. The minimum absolute atomic E-state index is 0.166. The van der Waals surface area contributed by atoms with E-state index in [1.54, 1.807) is 24.3 Å². The van der Waals surface area contributed by atoms with Crippen molar-refractivity contribution in [3.05, 3.63) is 89.5 Å². The number of ether oxygens (including phenoxy) is 1. The Balaban J connectivity index is 1.66. The molecule has 2 amide bonds. The van der Waals surface area contributed by atoms with Crippen molar-refractivity contribution < 1.29 is 14.3 Å². The molecule has 2 N–H and O–H groups in total. The van der Waals surface area contributed by atoms with Gasteiger partial charge >= 0.3 is 0 Å². The molecule has 0 atom stereocenters. The summed E-state index contributed by atoms with van der Waals surface area (Å²) in [5.41, 5.74) is 2.72. The van der Waals surface area contributed by atoms with Gasteiger partial charge in [0.1, 0.15) is 11.5 Å². The van der Waals surface area contributed by atoms with Crippen molar-refractivity contribution in [3.63, 3.8) is 0 Å². The predicted molar refractivity (Wildman–Crippen MR) is 108 cm³/mol. The zero-order chi connectivity index (χ0) is 19.5. The van der Waals surface area contributed by atoms with Gasteiger partial charge in [0.05, 0.1) is 5.92 Å². The topological polar surface area (TPSA) is 67.4 Å². The second-order valence-corrected chi connectivity index (χ2v) is 6.54. The van der Waals surface area contributed by atoms with E-state index >= 15 is 0 Å². The molecule has 3 aromatic rings. The first-order chi connectivity index (χ1) is 13.7. The van der Waals surface area contributed by atoms with E-state index in [0.717, 1.165) is 11.1 Å². The van der Waals surface area contributed by atoms with E-state index in [0.29, 0.717) is 29.3 Å². The number of anilines is 1. The highest BCUT2D eigenvalue weighted by Crippen LogP contribution is 2.44. The molecule has 5 heteroatoms. The lowest BCUT2D eigenvalue weighted by molar-refractivity contribution is -0.116. The summed E-state index contributed by atoms with van der Waals surface area (Å²) in [6.45, 7) is 2.41. The average molecular weight is 372 g/mol. The van der Waals surface area contributed by atoms with E-state index in [2.05, 4.69) is 10.6 Å². The van der Waals surface area contributed by atoms with Crippen LogP contribution in [0.2, 0.25) is 0 Å². The number of para-hydroxylation sites is 2. The summed E-state index contributed by atoms with van der Waals surface area (Å²) < 4.78 is 5.95. The van der Waals surface area contributed by atoms with Crippen molar-refractivity contribution in [2.75, 3.05) is 11.9 Å². The molecule has 28 heavy (non-hydrogen) atoms. The maximum absolute atomic E-state index is 13.2. The lowest BCUT2D eigenvalue weighted by Crippen LogP contribution is -2.25. The first-order valence-corrected chi connectivity index (χ1v) is 9.22. The van der Waals surface area contributed by atoms with Gasteiger partial charge < -0.3 is 15.4 Å². The molecule has 0 saturated carbocycles. The number of carbonyl (C=O) groups is 2. The van der Waals surface area contributed by atoms with Gasteiger partial charge in [-0.15, -0.1) is 0 Å². The van der Waals surface area contributed by atoms with Crippen LogP contribution in [-0.2, 0) is 4.79 Å². The van der Waals surface area contributed by atoms with Crippen LogP contribution >= 0.6 is 0 Å². The van der Waals surface area contributed by atoms with E-state index in [9.17, 15) is 9.59 Å². The Morgan fingerprint density at radius 3 is 2.18 bits per heavy atom. The summed E-state index contributed by atoms with van der Waals surface area (Å²) in [5, 5.41) is 5.72. The van der Waals surface area contributed by atoms with Crippen molar-refractivity contribution in [1.29, 1.82) is 0 Å². The van der Waals surface area contributed by atoms with Crippen molar-refractivity contribution >= 4 is 17.5 Å². The molecule has 0 spiro atoms. The summed E-state index contributed by atoms with van der Waals surface area (Å²) in [6, 6.07) is 22.0. The highest BCUT2D eigenvalue weighted by atomic mass is 16.5. The third-order valence-corrected chi connectivity index (χ3v) is 4.67. The van der Waals surface area contributed by atoms with Crippen molar-refractivity contribution in [2.45, 2.75) is 12.8 Å². The van der Waals surface area contributed by atoms with Crippen LogP contribution in [0.15, 0.2) is 72.8 Å². The number of rotatable bonds is 4. The second kappa shape index (κ2) is 7.56. The molecule has 0 aliphatic carbocycles. The van der Waals surface area contributed by atoms with Gasteiger partial charge in [0, 0.05) is 28.9 Å². The zero-order valence-corrected chi connectivity index (χ0v) is 15.4. The quantitative estimate of drug-likeness (QED) is 0.717. The molecule has 5 nitrogen and oxygen atoms in total. The Hall–Kier alpha value is -3.60. The molecular weight excluding hydrogens is 352 g/mol. The fourth-order valence-corrected chi connectivity index (χ4v) is 3.41. The smallest absolute Gasteiger partial charge is 0.251 e. The zero-order valence-electron chi connectivity index (χ0n) is 15.4. The number of nitrogens with one attached hydrogen (secondary N) is 2. The summed E-state index contributed by atoms with van der Waals surface area (Å²) in [7, 11) is 0. The van der Waals surface area contributed by atoms with E-state index < -0.39 is 5.92 Å². The summed E-state index contributed by atoms with van der Waals surface area (Å²) >= 11 is 0. The monoisotopic (exact) mass is 372 g/mol. The first-order valence-electron chi connectivity index (χ1n) is 9.22. The number of hydrogen-bond acceptors (Lipinski definition) is 3. The Bertz CT molecular complexity index is 1000. The molecule has 4 rings (SSSR count). The molecule has 0 radical (unpaired) electrons. The highest BCUT2D eigenvalue weighted by Gasteiger charge is 2.32. The largest absolute Gasteiger partial charge is 0.457 e. The van der Waals surface area contributed by atoms with Gasteiger partial charge in [-0.3, -0.25) is 9.59 Å². The predicted octanol–water partition coefficient (Wildman–Crippen LogP) is 4.31. The average Bonchev–Trinajstić information content (AvgIpc) is 2.72. The van der Waals surface area contributed by atoms with Crippen LogP contribution in [-0.4, -0.2) is 18.4 Å². The fraction of sp³-hybridized carbons (Fsp3) is 0.130. The SMILES string of the molecule is CCNC(=O)c1cccc(NC(=O)C2c3ccccc3Oc3ccccc32)c1. The van der Waals surface area contributed by atoms with Crippen LogP contribution in [0.1, 0.15) is 34.3 Å². The van der Waals surface area contributed by atoms with Crippen molar-refractivity contribution in [3.8, 4) is 11.5 Å². The van der Waals surface area contributed by atoms with Gasteiger partial charge in [0.15, 0.2) is 0 Å². The highest BCUT2D eigenvalue weighted by molar-refractivity contribution is 6.01. The van der Waals surface area contributed by atoms with Crippen LogP contribution < -0.4 is 15.4 Å². The minimum atomic E-state index is -0.491. The Morgan fingerprint density at radius 2 is 1.54 bits per heavy atom. The molecule has 0 fully saturated rings. The van der Waals surface area contributed by atoms with Gasteiger partial charge in [-0.2, -0.15) is 0 Å². The van der Waals surface area contributed by atoms with Crippen molar-refractivity contribution in [1.82, 2.24) is 5.32 Å². The fourth-order valence-electron chi connectivity index (χ4n) is 3.41. The molecule has 0 aromatic heterocycles.